The molecule has 3 fully saturated rings. The van der Waals surface area contributed by atoms with Crippen molar-refractivity contribution in [1.29, 1.82) is 0 Å². The van der Waals surface area contributed by atoms with Gasteiger partial charge in [-0.1, -0.05) is 6.42 Å². The molecule has 0 radical (unpaired) electrons. The van der Waals surface area contributed by atoms with Crippen LogP contribution in [0.15, 0.2) is 0 Å². The predicted molar refractivity (Wildman–Crippen MR) is 74.3 cm³/mol. The lowest BCUT2D eigenvalue weighted by Crippen LogP contribution is -2.44. The lowest BCUT2D eigenvalue weighted by atomic mass is 9.96. The zero-order valence-corrected chi connectivity index (χ0v) is 11.9. The summed E-state index contributed by atoms with van der Waals surface area (Å²) < 4.78 is 0. The number of amides is 2. The molecule has 2 amide bonds. The molecule has 2 atom stereocenters. The second kappa shape index (κ2) is 5.62. The van der Waals surface area contributed by atoms with E-state index in [1.54, 1.807) is 0 Å². The minimum Gasteiger partial charge on any atom is -0.481 e. The maximum Gasteiger partial charge on any atom is 0.317 e. The molecular weight excluding hydrogens is 256 g/mol. The van der Waals surface area contributed by atoms with Crippen molar-refractivity contribution in [2.75, 3.05) is 13.1 Å². The summed E-state index contributed by atoms with van der Waals surface area (Å²) in [5.41, 5.74) is 0. The first-order valence-electron chi connectivity index (χ1n) is 7.92. The number of carbonyl (C=O) groups excluding carboxylic acids is 1. The Kier molecular flexibility index (Phi) is 3.85. The number of carbonyl (C=O) groups is 2. The molecule has 3 aliphatic rings. The van der Waals surface area contributed by atoms with Crippen molar-refractivity contribution >= 4 is 12.0 Å². The third kappa shape index (κ3) is 3.25. The molecule has 0 aromatic rings. The molecular formula is C15H24N2O3. The van der Waals surface area contributed by atoms with Crippen LogP contribution in [0, 0.1) is 17.8 Å². The van der Waals surface area contributed by atoms with Gasteiger partial charge in [-0.3, -0.25) is 4.79 Å². The second-order valence-electron chi connectivity index (χ2n) is 6.65. The summed E-state index contributed by atoms with van der Waals surface area (Å²) in [6.45, 7) is 1.41. The average molecular weight is 280 g/mol. The summed E-state index contributed by atoms with van der Waals surface area (Å²) in [5, 5.41) is 12.1. The van der Waals surface area contributed by atoms with Gasteiger partial charge in [0.15, 0.2) is 0 Å². The molecule has 0 bridgehead atoms. The average Bonchev–Trinajstić information content (AvgIpc) is 3.32. The van der Waals surface area contributed by atoms with Crippen LogP contribution in [0.5, 0.6) is 0 Å². The first kappa shape index (κ1) is 13.7. The fraction of sp³-hybridized carbons (Fsp3) is 0.867. The van der Waals surface area contributed by atoms with Crippen LogP contribution in [-0.4, -0.2) is 41.1 Å². The highest BCUT2D eigenvalue weighted by atomic mass is 16.4. The summed E-state index contributed by atoms with van der Waals surface area (Å²) in [5.74, 6) is -0.162. The monoisotopic (exact) mass is 280 g/mol. The topological polar surface area (TPSA) is 69.6 Å². The van der Waals surface area contributed by atoms with Crippen molar-refractivity contribution in [3.63, 3.8) is 0 Å². The van der Waals surface area contributed by atoms with Gasteiger partial charge in [0, 0.05) is 19.1 Å². The van der Waals surface area contributed by atoms with Crippen molar-refractivity contribution < 1.29 is 14.7 Å². The number of nitrogens with zero attached hydrogens (tertiary/aromatic N) is 1. The standard InChI is InChI=1S/C15H24N2O3/c18-14(19)13-3-1-2-11(13)8-16-15(20)17(12-6-7-12)9-10-4-5-10/h10-13H,1-9H2,(H,16,20)(H,18,19). The second-order valence-corrected chi connectivity index (χ2v) is 6.65. The number of nitrogens with one attached hydrogen (secondary N) is 1. The maximum atomic E-state index is 12.3. The van der Waals surface area contributed by atoms with Gasteiger partial charge in [0.1, 0.15) is 0 Å². The quantitative estimate of drug-likeness (QED) is 0.782. The van der Waals surface area contributed by atoms with Crippen molar-refractivity contribution in [3.8, 4) is 0 Å². The van der Waals surface area contributed by atoms with E-state index in [0.717, 1.165) is 38.6 Å². The number of carboxylic acids is 1. The number of rotatable bonds is 6. The summed E-state index contributed by atoms with van der Waals surface area (Å²) >= 11 is 0. The normalized spacial score (nSPS) is 29.2. The molecule has 3 rings (SSSR count). The molecule has 0 aromatic heterocycles. The molecule has 3 aliphatic carbocycles. The Hall–Kier alpha value is -1.26. The van der Waals surface area contributed by atoms with E-state index in [-0.39, 0.29) is 17.9 Å². The van der Waals surface area contributed by atoms with E-state index in [1.165, 1.54) is 12.8 Å². The van der Waals surface area contributed by atoms with Crippen LogP contribution >= 0.6 is 0 Å². The number of aliphatic carboxylic acids is 1. The number of carboxylic acid groups (broad SMARTS) is 1. The van der Waals surface area contributed by atoms with Gasteiger partial charge in [-0.2, -0.15) is 0 Å². The minimum atomic E-state index is -0.709. The molecule has 5 heteroatoms. The molecule has 2 unspecified atom stereocenters. The molecule has 0 spiro atoms. The van der Waals surface area contributed by atoms with E-state index < -0.39 is 5.97 Å². The lowest BCUT2D eigenvalue weighted by Gasteiger charge is -2.24. The van der Waals surface area contributed by atoms with Crippen molar-refractivity contribution in [2.45, 2.75) is 51.0 Å². The van der Waals surface area contributed by atoms with Crippen LogP contribution in [0.2, 0.25) is 0 Å². The fourth-order valence-corrected chi connectivity index (χ4v) is 3.29. The molecule has 5 nitrogen and oxygen atoms in total. The van der Waals surface area contributed by atoms with E-state index in [2.05, 4.69) is 5.32 Å². The molecule has 2 N–H and O–H groups in total. The van der Waals surface area contributed by atoms with Gasteiger partial charge in [0.05, 0.1) is 5.92 Å². The predicted octanol–water partition coefficient (Wildman–Crippen LogP) is 2.07. The highest BCUT2D eigenvalue weighted by molar-refractivity contribution is 5.75. The van der Waals surface area contributed by atoms with E-state index in [1.807, 2.05) is 4.90 Å². The van der Waals surface area contributed by atoms with Crippen LogP contribution in [0.25, 0.3) is 0 Å². The van der Waals surface area contributed by atoms with Gasteiger partial charge >= 0.3 is 12.0 Å². The van der Waals surface area contributed by atoms with Crippen LogP contribution in [0.4, 0.5) is 4.79 Å². The molecule has 112 valence electrons. The van der Waals surface area contributed by atoms with Crippen LogP contribution in [0.1, 0.15) is 44.9 Å². The third-order valence-electron chi connectivity index (χ3n) is 4.89. The SMILES string of the molecule is O=C(O)C1CCCC1CNC(=O)N(CC1CC1)C1CC1. The van der Waals surface area contributed by atoms with Crippen LogP contribution in [-0.2, 0) is 4.79 Å². The lowest BCUT2D eigenvalue weighted by molar-refractivity contribution is -0.142. The molecule has 20 heavy (non-hydrogen) atoms. The third-order valence-corrected chi connectivity index (χ3v) is 4.89. The van der Waals surface area contributed by atoms with Crippen molar-refractivity contribution in [3.05, 3.63) is 0 Å². The Morgan fingerprint density at radius 2 is 1.85 bits per heavy atom. The van der Waals surface area contributed by atoms with Gasteiger partial charge in [-0.05, 0) is 50.4 Å². The smallest absolute Gasteiger partial charge is 0.317 e. The van der Waals surface area contributed by atoms with E-state index in [0.29, 0.717) is 18.5 Å². The summed E-state index contributed by atoms with van der Waals surface area (Å²) in [7, 11) is 0. The largest absolute Gasteiger partial charge is 0.481 e. The van der Waals surface area contributed by atoms with E-state index in [9.17, 15) is 9.59 Å². The Labute approximate surface area is 119 Å². The highest BCUT2D eigenvalue weighted by Gasteiger charge is 2.37. The molecule has 0 saturated heterocycles. The first-order valence-corrected chi connectivity index (χ1v) is 7.92. The zero-order chi connectivity index (χ0) is 14.1. The van der Waals surface area contributed by atoms with Gasteiger partial charge in [-0.15, -0.1) is 0 Å². The minimum absolute atomic E-state index is 0.0236. The summed E-state index contributed by atoms with van der Waals surface area (Å²) in [4.78, 5) is 25.4. The number of hydrogen-bond acceptors (Lipinski definition) is 2. The fourth-order valence-electron chi connectivity index (χ4n) is 3.29. The van der Waals surface area contributed by atoms with Gasteiger partial charge in [-0.25, -0.2) is 4.79 Å². The summed E-state index contributed by atoms with van der Waals surface area (Å²) in [6, 6.07) is 0.463. The first-order chi connectivity index (χ1) is 9.65. The molecule has 0 aromatic carbocycles. The Balaban J connectivity index is 1.48. The molecule has 0 aliphatic heterocycles. The number of hydrogen-bond donors (Lipinski definition) is 2. The van der Waals surface area contributed by atoms with E-state index in [4.69, 9.17) is 5.11 Å². The Morgan fingerprint density at radius 3 is 2.45 bits per heavy atom. The Morgan fingerprint density at radius 1 is 1.10 bits per heavy atom. The molecule has 0 heterocycles. The van der Waals surface area contributed by atoms with Gasteiger partial charge in [0.2, 0.25) is 0 Å². The number of urea groups is 1. The van der Waals surface area contributed by atoms with E-state index >= 15 is 0 Å². The van der Waals surface area contributed by atoms with Crippen molar-refractivity contribution in [1.82, 2.24) is 10.2 Å². The van der Waals surface area contributed by atoms with Crippen LogP contribution < -0.4 is 5.32 Å². The zero-order valence-electron chi connectivity index (χ0n) is 11.9. The van der Waals surface area contributed by atoms with Crippen LogP contribution in [0.3, 0.4) is 0 Å². The van der Waals surface area contributed by atoms with Gasteiger partial charge < -0.3 is 15.3 Å². The summed E-state index contributed by atoms with van der Waals surface area (Å²) in [6.07, 6.45) is 7.39. The molecule has 3 saturated carbocycles. The Bertz CT molecular complexity index is 391. The maximum absolute atomic E-state index is 12.3. The van der Waals surface area contributed by atoms with Crippen molar-refractivity contribution in [2.24, 2.45) is 17.8 Å². The highest BCUT2D eigenvalue weighted by Crippen LogP contribution is 2.35. The van der Waals surface area contributed by atoms with Gasteiger partial charge in [0.25, 0.3) is 0 Å².